The molecule has 0 aliphatic carbocycles. The molecule has 1 aliphatic heterocycles. The Labute approximate surface area is 107 Å². The van der Waals surface area contributed by atoms with Crippen LogP contribution in [0.4, 0.5) is 4.39 Å². The van der Waals surface area contributed by atoms with E-state index in [2.05, 4.69) is 0 Å². The summed E-state index contributed by atoms with van der Waals surface area (Å²) >= 11 is 0. The maximum Gasteiger partial charge on any atom is 0.152 e. The molecule has 6 heteroatoms. The SMILES string of the molecule is NCC(c1cccc(F)c1)N1CCS(=O)(=O)CC1. The highest BCUT2D eigenvalue weighted by molar-refractivity contribution is 7.91. The molecule has 0 radical (unpaired) electrons. The highest BCUT2D eigenvalue weighted by atomic mass is 32.2. The average Bonchev–Trinajstić information content (AvgIpc) is 2.32. The van der Waals surface area contributed by atoms with Gasteiger partial charge in [0.05, 0.1) is 11.5 Å². The molecule has 1 unspecified atom stereocenters. The first-order valence-corrected chi connectivity index (χ1v) is 7.74. The van der Waals surface area contributed by atoms with E-state index in [1.165, 1.54) is 12.1 Å². The largest absolute Gasteiger partial charge is 0.329 e. The number of hydrogen-bond acceptors (Lipinski definition) is 4. The third-order valence-electron chi connectivity index (χ3n) is 3.28. The lowest BCUT2D eigenvalue weighted by atomic mass is 10.1. The van der Waals surface area contributed by atoms with Crippen LogP contribution in [-0.2, 0) is 9.84 Å². The highest BCUT2D eigenvalue weighted by Gasteiger charge is 2.27. The second kappa shape index (κ2) is 5.34. The molecule has 0 amide bonds. The lowest BCUT2D eigenvalue weighted by Gasteiger charge is -2.33. The van der Waals surface area contributed by atoms with E-state index in [-0.39, 0.29) is 23.4 Å². The Morgan fingerprint density at radius 2 is 2.00 bits per heavy atom. The molecule has 1 atom stereocenters. The van der Waals surface area contributed by atoms with Gasteiger partial charge in [-0.2, -0.15) is 0 Å². The van der Waals surface area contributed by atoms with E-state index in [9.17, 15) is 12.8 Å². The zero-order chi connectivity index (χ0) is 13.2. The molecule has 2 rings (SSSR count). The molecule has 100 valence electrons. The molecule has 1 fully saturated rings. The van der Waals surface area contributed by atoms with Gasteiger partial charge < -0.3 is 5.73 Å². The van der Waals surface area contributed by atoms with Crippen LogP contribution in [0.2, 0.25) is 0 Å². The molecular formula is C12H17FN2O2S. The van der Waals surface area contributed by atoms with E-state index < -0.39 is 9.84 Å². The topological polar surface area (TPSA) is 63.4 Å². The van der Waals surface area contributed by atoms with Crippen LogP contribution in [0, 0.1) is 5.82 Å². The lowest BCUT2D eigenvalue weighted by Crippen LogP contribution is -2.44. The van der Waals surface area contributed by atoms with Crippen molar-refractivity contribution in [2.24, 2.45) is 5.73 Å². The fourth-order valence-electron chi connectivity index (χ4n) is 2.25. The number of halogens is 1. The first kappa shape index (κ1) is 13.5. The van der Waals surface area contributed by atoms with Crippen LogP contribution in [0.25, 0.3) is 0 Å². The van der Waals surface area contributed by atoms with E-state index in [0.29, 0.717) is 19.6 Å². The van der Waals surface area contributed by atoms with Crippen LogP contribution in [-0.4, -0.2) is 44.5 Å². The van der Waals surface area contributed by atoms with Crippen LogP contribution in [0.3, 0.4) is 0 Å². The van der Waals surface area contributed by atoms with Gasteiger partial charge in [-0.25, -0.2) is 12.8 Å². The molecule has 4 nitrogen and oxygen atoms in total. The summed E-state index contributed by atoms with van der Waals surface area (Å²) in [5.41, 5.74) is 6.54. The minimum Gasteiger partial charge on any atom is -0.329 e. The van der Waals surface area contributed by atoms with Crippen molar-refractivity contribution in [3.8, 4) is 0 Å². The Hall–Kier alpha value is -0.980. The minimum absolute atomic E-state index is 0.115. The third-order valence-corrected chi connectivity index (χ3v) is 4.89. The normalized spacial score (nSPS) is 21.7. The Kier molecular flexibility index (Phi) is 3.99. The molecule has 1 saturated heterocycles. The maximum atomic E-state index is 13.2. The fraction of sp³-hybridized carbons (Fsp3) is 0.500. The molecule has 0 spiro atoms. The van der Waals surface area contributed by atoms with Crippen LogP contribution >= 0.6 is 0 Å². The molecular weight excluding hydrogens is 255 g/mol. The van der Waals surface area contributed by atoms with Crippen molar-refractivity contribution in [2.75, 3.05) is 31.1 Å². The summed E-state index contributed by atoms with van der Waals surface area (Å²) in [5, 5.41) is 0. The number of hydrogen-bond donors (Lipinski definition) is 1. The standard InChI is InChI=1S/C12H17FN2O2S/c13-11-3-1-2-10(8-11)12(9-14)15-4-6-18(16,17)7-5-15/h1-3,8,12H,4-7,9,14H2. The van der Waals surface area contributed by atoms with Crippen molar-refractivity contribution in [1.82, 2.24) is 4.90 Å². The molecule has 0 saturated carbocycles. The number of sulfone groups is 1. The van der Waals surface area contributed by atoms with Gasteiger partial charge in [0.25, 0.3) is 0 Å². The van der Waals surface area contributed by atoms with Gasteiger partial charge in [-0.3, -0.25) is 4.90 Å². The van der Waals surface area contributed by atoms with Gasteiger partial charge >= 0.3 is 0 Å². The van der Waals surface area contributed by atoms with Gasteiger partial charge in [-0.05, 0) is 17.7 Å². The van der Waals surface area contributed by atoms with Gasteiger partial charge in [-0.1, -0.05) is 12.1 Å². The highest BCUT2D eigenvalue weighted by Crippen LogP contribution is 2.22. The van der Waals surface area contributed by atoms with Gasteiger partial charge in [0.1, 0.15) is 5.82 Å². The van der Waals surface area contributed by atoms with Crippen molar-refractivity contribution in [3.63, 3.8) is 0 Å². The quantitative estimate of drug-likeness (QED) is 0.873. The first-order chi connectivity index (χ1) is 8.52. The van der Waals surface area contributed by atoms with E-state index >= 15 is 0 Å². The van der Waals surface area contributed by atoms with Crippen LogP contribution in [0.1, 0.15) is 11.6 Å². The molecule has 1 aromatic rings. The molecule has 1 aliphatic rings. The Morgan fingerprint density at radius 1 is 1.33 bits per heavy atom. The summed E-state index contributed by atoms with van der Waals surface area (Å²) in [7, 11) is -2.90. The van der Waals surface area contributed by atoms with Crippen LogP contribution < -0.4 is 5.73 Å². The number of rotatable bonds is 3. The lowest BCUT2D eigenvalue weighted by molar-refractivity contribution is 0.218. The fourth-order valence-corrected chi connectivity index (χ4v) is 3.48. The molecule has 2 N–H and O–H groups in total. The van der Waals surface area contributed by atoms with E-state index in [4.69, 9.17) is 5.73 Å². The predicted molar refractivity (Wildman–Crippen MR) is 68.4 cm³/mol. The van der Waals surface area contributed by atoms with Crippen LogP contribution in [0.5, 0.6) is 0 Å². The van der Waals surface area contributed by atoms with Gasteiger partial charge in [0.15, 0.2) is 9.84 Å². The van der Waals surface area contributed by atoms with Crippen molar-refractivity contribution in [2.45, 2.75) is 6.04 Å². The minimum atomic E-state index is -2.90. The van der Waals surface area contributed by atoms with E-state index in [1.807, 2.05) is 11.0 Å². The van der Waals surface area contributed by atoms with Crippen molar-refractivity contribution >= 4 is 9.84 Å². The number of benzene rings is 1. The summed E-state index contributed by atoms with van der Waals surface area (Å²) in [6, 6.07) is 6.20. The van der Waals surface area contributed by atoms with Crippen molar-refractivity contribution in [3.05, 3.63) is 35.6 Å². The predicted octanol–water partition coefficient (Wildman–Crippen LogP) is 0.556. The van der Waals surface area contributed by atoms with E-state index in [1.54, 1.807) is 6.07 Å². The molecule has 0 aromatic heterocycles. The maximum absolute atomic E-state index is 13.2. The van der Waals surface area contributed by atoms with Crippen LogP contribution in [0.15, 0.2) is 24.3 Å². The summed E-state index contributed by atoms with van der Waals surface area (Å²) < 4.78 is 36.0. The van der Waals surface area contributed by atoms with E-state index in [0.717, 1.165) is 5.56 Å². The third kappa shape index (κ3) is 3.07. The Balaban J connectivity index is 2.15. The average molecular weight is 272 g/mol. The smallest absolute Gasteiger partial charge is 0.152 e. The second-order valence-corrected chi connectivity index (χ2v) is 6.80. The summed E-state index contributed by atoms with van der Waals surface area (Å²) in [4.78, 5) is 2.01. The molecule has 1 heterocycles. The summed E-state index contributed by atoms with van der Waals surface area (Å²) in [6.07, 6.45) is 0. The summed E-state index contributed by atoms with van der Waals surface area (Å²) in [5.74, 6) is 0.00745. The first-order valence-electron chi connectivity index (χ1n) is 5.92. The molecule has 1 aromatic carbocycles. The zero-order valence-electron chi connectivity index (χ0n) is 10.0. The van der Waals surface area contributed by atoms with Gasteiger partial charge in [0.2, 0.25) is 0 Å². The summed E-state index contributed by atoms with van der Waals surface area (Å²) in [6.45, 7) is 1.27. The Morgan fingerprint density at radius 3 is 2.56 bits per heavy atom. The van der Waals surface area contributed by atoms with Gasteiger partial charge in [-0.15, -0.1) is 0 Å². The number of nitrogens with zero attached hydrogens (tertiary/aromatic N) is 1. The zero-order valence-corrected chi connectivity index (χ0v) is 10.9. The van der Waals surface area contributed by atoms with Gasteiger partial charge in [0, 0.05) is 25.7 Å². The van der Waals surface area contributed by atoms with Crippen molar-refractivity contribution < 1.29 is 12.8 Å². The second-order valence-electron chi connectivity index (χ2n) is 4.49. The molecule has 18 heavy (non-hydrogen) atoms. The molecule has 0 bridgehead atoms. The Bertz CT molecular complexity index is 505. The number of nitrogens with two attached hydrogens (primary N) is 1. The van der Waals surface area contributed by atoms with Crippen molar-refractivity contribution in [1.29, 1.82) is 0 Å². The monoisotopic (exact) mass is 272 g/mol.